The number of nitrogens with zero attached hydrogens (tertiary/aromatic N) is 2. The van der Waals surface area contributed by atoms with Crippen LogP contribution < -0.4 is 0 Å². The molecule has 0 aliphatic carbocycles. The molecule has 0 bridgehead atoms. The van der Waals surface area contributed by atoms with Crippen molar-refractivity contribution in [3.63, 3.8) is 0 Å². The fourth-order valence-corrected chi connectivity index (χ4v) is 1.87. The van der Waals surface area contributed by atoms with E-state index in [1.54, 1.807) is 6.07 Å². The fraction of sp³-hybridized carbons (Fsp3) is 0.455. The van der Waals surface area contributed by atoms with Crippen LogP contribution >= 0.6 is 0 Å². The number of pyridine rings is 1. The van der Waals surface area contributed by atoms with Crippen LogP contribution in [0.3, 0.4) is 0 Å². The van der Waals surface area contributed by atoms with E-state index in [4.69, 9.17) is 22.6 Å². The molecule has 0 atom stereocenters. The van der Waals surface area contributed by atoms with Crippen molar-refractivity contribution in [1.82, 2.24) is 4.98 Å². The maximum Gasteiger partial charge on any atom is 0.0991 e. The van der Waals surface area contributed by atoms with Crippen LogP contribution in [0.1, 0.15) is 30.7 Å². The molecule has 0 fully saturated rings. The number of hydrogen-bond donors (Lipinski definition) is 0. The first kappa shape index (κ1) is 10.3. The van der Waals surface area contributed by atoms with Gasteiger partial charge in [-0.3, -0.25) is 4.98 Å². The molecule has 0 saturated heterocycles. The van der Waals surface area contributed by atoms with E-state index < -0.39 is 0 Å². The average Bonchev–Trinajstić information content (AvgIpc) is 2.15. The maximum atomic E-state index is 8.83. The third kappa shape index (κ3) is 1.94. The molecule has 0 amide bonds. The highest BCUT2D eigenvalue weighted by Crippen LogP contribution is 2.27. The number of ether oxygens (including phenoxy) is 1. The summed E-state index contributed by atoms with van der Waals surface area (Å²) in [6.07, 6.45) is 0.748. The molecular weight excluding hydrogens is 208 g/mol. The second kappa shape index (κ2) is 3.44. The van der Waals surface area contributed by atoms with Crippen molar-refractivity contribution >= 4 is 12.6 Å². The molecular formula is C11H11N2OS-. The Hall–Kier alpha value is -1.18. The summed E-state index contributed by atoms with van der Waals surface area (Å²) in [5.74, 6) is 0. The Bertz CT molecular complexity index is 449. The molecule has 78 valence electrons. The zero-order valence-corrected chi connectivity index (χ0v) is 9.52. The van der Waals surface area contributed by atoms with Gasteiger partial charge in [-0.05, 0) is 19.9 Å². The van der Waals surface area contributed by atoms with Gasteiger partial charge in [-0.25, -0.2) is 0 Å². The van der Waals surface area contributed by atoms with E-state index in [-0.39, 0.29) is 5.60 Å². The highest BCUT2D eigenvalue weighted by molar-refractivity contribution is 7.58. The fourth-order valence-electron chi connectivity index (χ4n) is 1.66. The van der Waals surface area contributed by atoms with Crippen molar-refractivity contribution in [2.45, 2.75) is 37.5 Å². The van der Waals surface area contributed by atoms with Gasteiger partial charge in [-0.1, -0.05) is 5.03 Å². The average molecular weight is 219 g/mol. The lowest BCUT2D eigenvalue weighted by Gasteiger charge is -2.32. The Balaban J connectivity index is 2.47. The molecule has 1 aromatic rings. The van der Waals surface area contributed by atoms with Crippen LogP contribution in [0, 0.1) is 11.3 Å². The maximum absolute atomic E-state index is 8.83. The van der Waals surface area contributed by atoms with Crippen LogP contribution in [0.4, 0.5) is 0 Å². The summed E-state index contributed by atoms with van der Waals surface area (Å²) in [5, 5.41) is 9.22. The van der Waals surface area contributed by atoms with Crippen molar-refractivity contribution in [3.05, 3.63) is 22.9 Å². The van der Waals surface area contributed by atoms with E-state index in [9.17, 15) is 0 Å². The molecule has 4 heteroatoms. The minimum Gasteiger partial charge on any atom is -0.759 e. The van der Waals surface area contributed by atoms with Crippen LogP contribution in [0.15, 0.2) is 11.1 Å². The highest BCUT2D eigenvalue weighted by Gasteiger charge is 2.26. The molecule has 1 aromatic heterocycles. The Labute approximate surface area is 94.5 Å². The molecule has 2 rings (SSSR count). The second-order valence-electron chi connectivity index (χ2n) is 4.28. The van der Waals surface area contributed by atoms with Gasteiger partial charge in [0.25, 0.3) is 0 Å². The monoisotopic (exact) mass is 219 g/mol. The quantitative estimate of drug-likeness (QED) is 0.623. The van der Waals surface area contributed by atoms with Gasteiger partial charge >= 0.3 is 0 Å². The molecule has 1 aliphatic rings. The topological polar surface area (TPSA) is 45.9 Å². The molecule has 3 nitrogen and oxygen atoms in total. The van der Waals surface area contributed by atoms with Crippen LogP contribution in [0.2, 0.25) is 0 Å². The Morgan fingerprint density at radius 3 is 3.00 bits per heavy atom. The first-order valence-electron chi connectivity index (χ1n) is 4.76. The number of fused-ring (bicyclic) bond motifs is 1. The summed E-state index contributed by atoms with van der Waals surface area (Å²) < 4.78 is 5.65. The molecule has 15 heavy (non-hydrogen) atoms. The smallest absolute Gasteiger partial charge is 0.0991 e. The van der Waals surface area contributed by atoms with Crippen LogP contribution in [-0.2, 0) is 30.4 Å². The van der Waals surface area contributed by atoms with Gasteiger partial charge in [0.05, 0.1) is 23.8 Å². The van der Waals surface area contributed by atoms with E-state index in [1.165, 1.54) is 0 Å². The van der Waals surface area contributed by atoms with Crippen molar-refractivity contribution in [1.29, 1.82) is 5.26 Å². The number of rotatable bonds is 0. The van der Waals surface area contributed by atoms with Crippen LogP contribution in [0.5, 0.6) is 0 Å². The minimum absolute atomic E-state index is 0.185. The zero-order valence-electron chi connectivity index (χ0n) is 8.70. The predicted octanol–water partition coefficient (Wildman–Crippen LogP) is 1.71. The highest BCUT2D eigenvalue weighted by atomic mass is 32.1. The van der Waals surface area contributed by atoms with E-state index in [0.29, 0.717) is 17.2 Å². The molecule has 0 unspecified atom stereocenters. The summed E-state index contributed by atoms with van der Waals surface area (Å²) in [6, 6.07) is 3.84. The lowest BCUT2D eigenvalue weighted by Crippen LogP contribution is -2.32. The SMILES string of the molecule is CC1(C)Cc2nc([S-])c(C#N)cc2CO1. The molecule has 0 spiro atoms. The van der Waals surface area contributed by atoms with Gasteiger partial charge < -0.3 is 17.4 Å². The van der Waals surface area contributed by atoms with Gasteiger partial charge in [0.2, 0.25) is 0 Å². The largest absolute Gasteiger partial charge is 0.759 e. The van der Waals surface area contributed by atoms with Gasteiger partial charge in [0, 0.05) is 17.7 Å². The molecule has 0 saturated carbocycles. The molecule has 1 aliphatic heterocycles. The van der Waals surface area contributed by atoms with Gasteiger partial charge in [-0.2, -0.15) is 5.26 Å². The van der Waals surface area contributed by atoms with Gasteiger partial charge in [-0.15, -0.1) is 0 Å². The Kier molecular flexibility index (Phi) is 2.37. The van der Waals surface area contributed by atoms with E-state index in [2.05, 4.69) is 4.98 Å². The lowest BCUT2D eigenvalue weighted by molar-refractivity contribution is -0.0415. The van der Waals surface area contributed by atoms with Crippen molar-refractivity contribution < 1.29 is 4.74 Å². The molecule has 0 aromatic carbocycles. The van der Waals surface area contributed by atoms with Crippen molar-refractivity contribution in [3.8, 4) is 6.07 Å². The summed E-state index contributed by atoms with van der Waals surface area (Å²) >= 11 is 5.04. The van der Waals surface area contributed by atoms with Crippen molar-refractivity contribution in [2.75, 3.05) is 0 Å². The number of nitriles is 1. The number of hydrogen-bond acceptors (Lipinski definition) is 4. The standard InChI is InChI=1S/C11H12N2OS/c1-11(2)4-9-8(6-14-11)3-7(5-12)10(15)13-9/h3H,4,6H2,1-2H3,(H,13,15)/p-1. The Morgan fingerprint density at radius 1 is 1.60 bits per heavy atom. The summed E-state index contributed by atoms with van der Waals surface area (Å²) in [7, 11) is 0. The number of aromatic nitrogens is 1. The van der Waals surface area contributed by atoms with Crippen molar-refractivity contribution in [2.24, 2.45) is 0 Å². The summed E-state index contributed by atoms with van der Waals surface area (Å²) in [6.45, 7) is 4.57. The third-order valence-electron chi connectivity index (χ3n) is 2.49. The first-order valence-corrected chi connectivity index (χ1v) is 5.16. The Morgan fingerprint density at radius 2 is 2.33 bits per heavy atom. The van der Waals surface area contributed by atoms with Gasteiger partial charge in [0.1, 0.15) is 0 Å². The van der Waals surface area contributed by atoms with E-state index >= 15 is 0 Å². The second-order valence-corrected chi connectivity index (χ2v) is 4.67. The van der Waals surface area contributed by atoms with E-state index in [0.717, 1.165) is 17.7 Å². The molecule has 2 heterocycles. The third-order valence-corrected chi connectivity index (χ3v) is 2.80. The first-order chi connectivity index (χ1) is 7.02. The molecule has 0 radical (unpaired) electrons. The van der Waals surface area contributed by atoms with Crippen LogP contribution in [0.25, 0.3) is 0 Å². The van der Waals surface area contributed by atoms with Crippen LogP contribution in [-0.4, -0.2) is 10.6 Å². The summed E-state index contributed by atoms with van der Waals surface area (Å²) in [5.41, 5.74) is 2.23. The zero-order chi connectivity index (χ0) is 11.1. The predicted molar refractivity (Wildman–Crippen MR) is 57.2 cm³/mol. The normalized spacial score (nSPS) is 17.9. The van der Waals surface area contributed by atoms with Gasteiger partial charge in [0.15, 0.2) is 0 Å². The minimum atomic E-state index is -0.185. The van der Waals surface area contributed by atoms with E-state index in [1.807, 2.05) is 19.9 Å². The molecule has 0 N–H and O–H groups in total. The summed E-state index contributed by atoms with van der Waals surface area (Å²) in [4.78, 5) is 4.29. The lowest BCUT2D eigenvalue weighted by atomic mass is 9.95.